The van der Waals surface area contributed by atoms with Crippen molar-refractivity contribution in [3.63, 3.8) is 0 Å². The fourth-order valence-electron chi connectivity index (χ4n) is 2.71. The minimum atomic E-state index is -0.718. The van der Waals surface area contributed by atoms with Crippen LogP contribution < -0.4 is 19.7 Å². The van der Waals surface area contributed by atoms with Gasteiger partial charge in [0.1, 0.15) is 23.4 Å². The van der Waals surface area contributed by atoms with Crippen LogP contribution in [0.25, 0.3) is 0 Å². The van der Waals surface area contributed by atoms with Crippen molar-refractivity contribution in [1.82, 2.24) is 0 Å². The number of amides is 2. The van der Waals surface area contributed by atoms with E-state index in [0.717, 1.165) is 4.90 Å². The van der Waals surface area contributed by atoms with Gasteiger partial charge in [-0.3, -0.25) is 9.59 Å². The molecule has 1 aliphatic rings. The lowest BCUT2D eigenvalue weighted by molar-refractivity contribution is -0.121. The van der Waals surface area contributed by atoms with E-state index in [1.54, 1.807) is 18.2 Å². The van der Waals surface area contributed by atoms with Crippen molar-refractivity contribution in [2.45, 2.75) is 12.5 Å². The van der Waals surface area contributed by atoms with Gasteiger partial charge in [0.15, 0.2) is 0 Å². The number of carbonyl (C=O) groups excluding carboxylic acids is 2. The van der Waals surface area contributed by atoms with Gasteiger partial charge in [0, 0.05) is 11.8 Å². The molecule has 1 atom stereocenters. The third-order valence-electron chi connectivity index (χ3n) is 3.96. The first-order valence-electron chi connectivity index (χ1n) is 7.64. The van der Waals surface area contributed by atoms with Gasteiger partial charge in [-0.25, -0.2) is 9.29 Å². The van der Waals surface area contributed by atoms with Crippen molar-refractivity contribution in [3.05, 3.63) is 48.3 Å². The van der Waals surface area contributed by atoms with E-state index in [2.05, 4.69) is 5.32 Å². The van der Waals surface area contributed by atoms with E-state index in [0.29, 0.717) is 22.9 Å². The molecule has 1 fully saturated rings. The second-order valence-corrected chi connectivity index (χ2v) is 5.51. The molecule has 130 valence electrons. The monoisotopic (exact) mass is 344 g/mol. The molecular weight excluding hydrogens is 327 g/mol. The predicted molar refractivity (Wildman–Crippen MR) is 90.5 cm³/mol. The summed E-state index contributed by atoms with van der Waals surface area (Å²) in [7, 11) is 2.97. The van der Waals surface area contributed by atoms with Crippen molar-refractivity contribution in [1.29, 1.82) is 0 Å². The molecule has 0 aromatic heterocycles. The Morgan fingerprint density at radius 3 is 2.44 bits per heavy atom. The number of hydrogen-bond donors (Lipinski definition) is 1. The van der Waals surface area contributed by atoms with Crippen molar-refractivity contribution in [2.24, 2.45) is 0 Å². The first kappa shape index (κ1) is 16.8. The average molecular weight is 344 g/mol. The second-order valence-electron chi connectivity index (χ2n) is 5.51. The van der Waals surface area contributed by atoms with Crippen LogP contribution >= 0.6 is 0 Å². The van der Waals surface area contributed by atoms with Crippen LogP contribution in [0.15, 0.2) is 42.5 Å². The van der Waals surface area contributed by atoms with Crippen LogP contribution in [-0.2, 0) is 9.59 Å². The average Bonchev–Trinajstić information content (AvgIpc) is 2.90. The Bertz CT molecular complexity index is 807. The maximum Gasteiger partial charge on any atom is 0.256 e. The Labute approximate surface area is 144 Å². The molecule has 3 rings (SSSR count). The van der Waals surface area contributed by atoms with Crippen LogP contribution in [0, 0.1) is 5.82 Å². The van der Waals surface area contributed by atoms with E-state index < -0.39 is 11.9 Å². The Balaban J connectivity index is 1.85. The maximum atomic E-state index is 13.0. The lowest BCUT2D eigenvalue weighted by atomic mass is 10.2. The molecule has 6 nitrogen and oxygen atoms in total. The summed E-state index contributed by atoms with van der Waals surface area (Å²) < 4.78 is 23.4. The fraction of sp³-hybridized carbons (Fsp3) is 0.222. The molecule has 1 heterocycles. The van der Waals surface area contributed by atoms with E-state index >= 15 is 0 Å². The molecule has 2 aromatic carbocycles. The van der Waals surface area contributed by atoms with Gasteiger partial charge in [0.2, 0.25) is 5.91 Å². The van der Waals surface area contributed by atoms with Gasteiger partial charge in [-0.05, 0) is 36.4 Å². The van der Waals surface area contributed by atoms with Gasteiger partial charge in [0.25, 0.3) is 5.91 Å². The molecule has 2 amide bonds. The number of methoxy groups -OCH3 is 2. The lowest BCUT2D eigenvalue weighted by Crippen LogP contribution is -2.35. The number of rotatable bonds is 5. The summed E-state index contributed by atoms with van der Waals surface area (Å²) in [6.45, 7) is 0. The number of nitrogens with one attached hydrogen (secondary N) is 1. The normalized spacial score (nSPS) is 16.9. The standard InChI is InChI=1S/C18H17FN2O4/c1-24-13-7-8-15(16(9-13)25-2)21-17(22)10-14(18(21)23)20-12-5-3-11(19)4-6-12/h3-9,14,20H,10H2,1-2H3/t14-/m0/s1. The van der Waals surface area contributed by atoms with E-state index in [9.17, 15) is 14.0 Å². The van der Waals surface area contributed by atoms with Gasteiger partial charge in [-0.15, -0.1) is 0 Å². The van der Waals surface area contributed by atoms with E-state index in [-0.39, 0.29) is 18.1 Å². The molecule has 7 heteroatoms. The summed E-state index contributed by atoms with van der Waals surface area (Å²) in [5.41, 5.74) is 0.929. The molecular formula is C18H17FN2O4. The summed E-state index contributed by atoms with van der Waals surface area (Å²) in [6.07, 6.45) is 0.00535. The highest BCUT2D eigenvalue weighted by molar-refractivity contribution is 6.23. The zero-order chi connectivity index (χ0) is 18.0. The number of nitrogens with zero attached hydrogens (tertiary/aromatic N) is 1. The van der Waals surface area contributed by atoms with Gasteiger partial charge < -0.3 is 14.8 Å². The molecule has 0 radical (unpaired) electrons. The largest absolute Gasteiger partial charge is 0.497 e. The van der Waals surface area contributed by atoms with Crippen LogP contribution in [0.2, 0.25) is 0 Å². The first-order valence-corrected chi connectivity index (χ1v) is 7.64. The summed E-state index contributed by atoms with van der Waals surface area (Å²) in [5.74, 6) is -0.181. The SMILES string of the molecule is COc1ccc(N2C(=O)C[C@H](Nc3ccc(F)cc3)C2=O)c(OC)c1. The number of benzene rings is 2. The Hall–Kier alpha value is -3.09. The van der Waals surface area contributed by atoms with E-state index in [1.165, 1.54) is 38.5 Å². The zero-order valence-corrected chi connectivity index (χ0v) is 13.8. The third kappa shape index (κ3) is 3.26. The minimum absolute atomic E-state index is 0.00535. The summed E-state index contributed by atoms with van der Waals surface area (Å²) in [6, 6.07) is 9.75. The summed E-state index contributed by atoms with van der Waals surface area (Å²) >= 11 is 0. The molecule has 1 aliphatic heterocycles. The molecule has 1 N–H and O–H groups in total. The third-order valence-corrected chi connectivity index (χ3v) is 3.96. The van der Waals surface area contributed by atoms with E-state index in [1.807, 2.05) is 0 Å². The molecule has 2 aromatic rings. The highest BCUT2D eigenvalue weighted by atomic mass is 19.1. The Kier molecular flexibility index (Phi) is 4.56. The highest BCUT2D eigenvalue weighted by Gasteiger charge is 2.40. The van der Waals surface area contributed by atoms with Gasteiger partial charge >= 0.3 is 0 Å². The molecule has 1 saturated heterocycles. The number of anilines is 2. The lowest BCUT2D eigenvalue weighted by Gasteiger charge is -2.19. The van der Waals surface area contributed by atoms with Crippen LogP contribution in [-0.4, -0.2) is 32.1 Å². The van der Waals surface area contributed by atoms with Crippen LogP contribution in [0.4, 0.5) is 15.8 Å². The number of halogens is 1. The molecule has 0 bridgehead atoms. The number of ether oxygens (including phenoxy) is 2. The second kappa shape index (κ2) is 6.80. The highest BCUT2D eigenvalue weighted by Crippen LogP contribution is 2.35. The van der Waals surface area contributed by atoms with Gasteiger partial charge in [-0.1, -0.05) is 0 Å². The topological polar surface area (TPSA) is 67.9 Å². The molecule has 0 aliphatic carbocycles. The summed E-state index contributed by atoms with van der Waals surface area (Å²) in [5, 5.41) is 2.96. The van der Waals surface area contributed by atoms with Gasteiger partial charge in [0.05, 0.1) is 26.3 Å². The molecule has 0 unspecified atom stereocenters. The number of carbonyl (C=O) groups is 2. The van der Waals surface area contributed by atoms with Crippen LogP contribution in [0.3, 0.4) is 0 Å². The molecule has 0 spiro atoms. The quantitative estimate of drug-likeness (QED) is 0.845. The Morgan fingerprint density at radius 2 is 1.80 bits per heavy atom. The zero-order valence-electron chi connectivity index (χ0n) is 13.8. The van der Waals surface area contributed by atoms with Crippen LogP contribution in [0.5, 0.6) is 11.5 Å². The predicted octanol–water partition coefficient (Wildman–Crippen LogP) is 2.59. The number of imide groups is 1. The van der Waals surface area contributed by atoms with E-state index in [4.69, 9.17) is 9.47 Å². The van der Waals surface area contributed by atoms with Gasteiger partial charge in [-0.2, -0.15) is 0 Å². The summed E-state index contributed by atoms with van der Waals surface area (Å²) in [4.78, 5) is 26.2. The fourth-order valence-corrected chi connectivity index (χ4v) is 2.71. The minimum Gasteiger partial charge on any atom is -0.497 e. The van der Waals surface area contributed by atoms with Crippen LogP contribution in [0.1, 0.15) is 6.42 Å². The smallest absolute Gasteiger partial charge is 0.256 e. The van der Waals surface area contributed by atoms with Crippen molar-refractivity contribution in [3.8, 4) is 11.5 Å². The van der Waals surface area contributed by atoms with Crippen molar-refractivity contribution < 1.29 is 23.5 Å². The van der Waals surface area contributed by atoms with Crippen molar-refractivity contribution >= 4 is 23.2 Å². The first-order chi connectivity index (χ1) is 12.0. The number of hydrogen-bond acceptors (Lipinski definition) is 5. The molecule has 25 heavy (non-hydrogen) atoms. The Morgan fingerprint density at radius 1 is 1.08 bits per heavy atom. The maximum absolute atomic E-state index is 13.0. The van der Waals surface area contributed by atoms with Crippen molar-refractivity contribution in [2.75, 3.05) is 24.4 Å². The molecule has 0 saturated carbocycles.